The minimum absolute atomic E-state index is 0.00852. The molecule has 1 amide bonds. The second-order valence-corrected chi connectivity index (χ2v) is 5.86. The van der Waals surface area contributed by atoms with Gasteiger partial charge >= 0.3 is 5.97 Å². The van der Waals surface area contributed by atoms with Crippen LogP contribution in [0.4, 0.5) is 0 Å². The number of hydrogen-bond acceptors (Lipinski definition) is 3. The second-order valence-electron chi connectivity index (χ2n) is 4.51. The Kier molecular flexibility index (Phi) is 3.42. The van der Waals surface area contributed by atoms with Crippen LogP contribution in [0.3, 0.4) is 0 Å². The lowest BCUT2D eigenvalue weighted by molar-refractivity contribution is -0.150. The first-order valence-electron chi connectivity index (χ1n) is 5.78. The third kappa shape index (κ3) is 2.05. The molecule has 2 atom stereocenters. The maximum Gasteiger partial charge on any atom is 0.327 e. The molecule has 5 heteroatoms. The van der Waals surface area contributed by atoms with Gasteiger partial charge in [0.2, 0.25) is 5.91 Å². The van der Waals surface area contributed by atoms with Crippen LogP contribution in [-0.2, 0) is 9.59 Å². The van der Waals surface area contributed by atoms with Crippen molar-refractivity contribution < 1.29 is 14.7 Å². The van der Waals surface area contributed by atoms with E-state index in [2.05, 4.69) is 0 Å². The van der Waals surface area contributed by atoms with Crippen molar-refractivity contribution in [3.63, 3.8) is 0 Å². The zero-order valence-corrected chi connectivity index (χ0v) is 10.2. The molecule has 0 spiro atoms. The van der Waals surface area contributed by atoms with Crippen molar-refractivity contribution in [3.8, 4) is 0 Å². The molecule has 1 N–H and O–H groups in total. The topological polar surface area (TPSA) is 57.6 Å². The van der Waals surface area contributed by atoms with E-state index in [-0.39, 0.29) is 17.2 Å². The molecule has 0 bridgehead atoms. The number of nitrogens with zero attached hydrogens (tertiary/aromatic N) is 1. The molecule has 1 saturated carbocycles. The summed E-state index contributed by atoms with van der Waals surface area (Å²) in [5.74, 6) is -0.219. The van der Waals surface area contributed by atoms with Crippen molar-refractivity contribution in [2.45, 2.75) is 44.0 Å². The number of thioether (sulfide) groups is 1. The average Bonchev–Trinajstić information content (AvgIpc) is 2.84. The summed E-state index contributed by atoms with van der Waals surface area (Å²) in [7, 11) is 0. The monoisotopic (exact) mass is 243 g/mol. The lowest BCUT2D eigenvalue weighted by Crippen LogP contribution is -2.47. The maximum atomic E-state index is 12.2. The normalized spacial score (nSPS) is 30.9. The lowest BCUT2D eigenvalue weighted by Gasteiger charge is -2.27. The number of carboxylic acid groups (broad SMARTS) is 1. The minimum atomic E-state index is -0.872. The fraction of sp³-hybridized carbons (Fsp3) is 0.818. The fourth-order valence-electron chi connectivity index (χ4n) is 2.55. The van der Waals surface area contributed by atoms with Crippen molar-refractivity contribution in [2.24, 2.45) is 5.92 Å². The summed E-state index contributed by atoms with van der Waals surface area (Å²) in [5, 5.41) is 9.09. The Balaban J connectivity index is 2.10. The van der Waals surface area contributed by atoms with Gasteiger partial charge in [-0.25, -0.2) is 4.79 Å². The molecular formula is C11H17NO3S. The molecule has 16 heavy (non-hydrogen) atoms. The van der Waals surface area contributed by atoms with E-state index in [1.165, 1.54) is 0 Å². The Morgan fingerprint density at radius 2 is 1.94 bits per heavy atom. The number of hydrogen-bond donors (Lipinski definition) is 1. The van der Waals surface area contributed by atoms with Gasteiger partial charge in [-0.1, -0.05) is 12.8 Å². The number of aliphatic carboxylic acids is 1. The SMILES string of the molecule is CC1SCC(C(=O)O)N1C(=O)C1CCCC1. The van der Waals surface area contributed by atoms with Crippen LogP contribution in [-0.4, -0.2) is 39.1 Å². The first kappa shape index (κ1) is 11.8. The summed E-state index contributed by atoms with van der Waals surface area (Å²) < 4.78 is 0. The summed E-state index contributed by atoms with van der Waals surface area (Å²) in [6, 6.07) is -0.617. The van der Waals surface area contributed by atoms with Crippen LogP contribution < -0.4 is 0 Å². The Bertz CT molecular complexity index is 302. The zero-order valence-electron chi connectivity index (χ0n) is 9.39. The van der Waals surface area contributed by atoms with Gasteiger partial charge in [0, 0.05) is 11.7 Å². The molecular weight excluding hydrogens is 226 g/mol. The van der Waals surface area contributed by atoms with Crippen LogP contribution in [0, 0.1) is 5.92 Å². The van der Waals surface area contributed by atoms with Crippen molar-refractivity contribution in [2.75, 3.05) is 5.75 Å². The van der Waals surface area contributed by atoms with E-state index in [0.29, 0.717) is 5.75 Å². The molecule has 2 aliphatic rings. The third-order valence-electron chi connectivity index (χ3n) is 3.47. The van der Waals surface area contributed by atoms with E-state index in [4.69, 9.17) is 5.11 Å². The second kappa shape index (κ2) is 4.65. The minimum Gasteiger partial charge on any atom is -0.480 e. The van der Waals surface area contributed by atoms with Crippen LogP contribution in [0.25, 0.3) is 0 Å². The molecule has 1 aliphatic carbocycles. The van der Waals surface area contributed by atoms with E-state index in [0.717, 1.165) is 25.7 Å². The van der Waals surface area contributed by atoms with Crippen LogP contribution in [0.15, 0.2) is 0 Å². The van der Waals surface area contributed by atoms with Gasteiger partial charge in [0.15, 0.2) is 0 Å². The molecule has 0 aromatic carbocycles. The van der Waals surface area contributed by atoms with E-state index in [9.17, 15) is 9.59 Å². The van der Waals surface area contributed by atoms with Crippen molar-refractivity contribution in [1.29, 1.82) is 0 Å². The van der Waals surface area contributed by atoms with Crippen molar-refractivity contribution >= 4 is 23.6 Å². The van der Waals surface area contributed by atoms with Gasteiger partial charge in [-0.3, -0.25) is 4.79 Å². The molecule has 2 unspecified atom stereocenters. The van der Waals surface area contributed by atoms with Crippen LogP contribution in [0.1, 0.15) is 32.6 Å². The van der Waals surface area contributed by atoms with Crippen molar-refractivity contribution in [1.82, 2.24) is 4.90 Å². The standard InChI is InChI=1S/C11H17NO3S/c1-7-12(9(6-16-7)11(14)15)10(13)8-4-2-3-5-8/h7-9H,2-6H2,1H3,(H,14,15). The fourth-order valence-corrected chi connectivity index (χ4v) is 3.73. The van der Waals surface area contributed by atoms with Gasteiger partial charge in [0.05, 0.1) is 5.37 Å². The van der Waals surface area contributed by atoms with Crippen LogP contribution in [0.5, 0.6) is 0 Å². The number of carboxylic acids is 1. The molecule has 2 fully saturated rings. The van der Waals surface area contributed by atoms with E-state index in [1.54, 1.807) is 16.7 Å². The van der Waals surface area contributed by atoms with E-state index >= 15 is 0 Å². The molecule has 2 rings (SSSR count). The average molecular weight is 243 g/mol. The quantitative estimate of drug-likeness (QED) is 0.799. The Morgan fingerprint density at radius 3 is 2.50 bits per heavy atom. The summed E-state index contributed by atoms with van der Waals surface area (Å²) in [6.45, 7) is 1.92. The largest absolute Gasteiger partial charge is 0.480 e. The summed E-state index contributed by atoms with van der Waals surface area (Å²) in [6.07, 6.45) is 4.06. The first-order valence-corrected chi connectivity index (χ1v) is 6.82. The maximum absolute atomic E-state index is 12.2. The molecule has 4 nitrogen and oxygen atoms in total. The Hall–Kier alpha value is -0.710. The number of carbonyl (C=O) groups is 2. The van der Waals surface area contributed by atoms with E-state index in [1.807, 2.05) is 6.92 Å². The van der Waals surface area contributed by atoms with Crippen molar-refractivity contribution in [3.05, 3.63) is 0 Å². The van der Waals surface area contributed by atoms with Gasteiger partial charge in [-0.15, -0.1) is 11.8 Å². The molecule has 1 aliphatic heterocycles. The Morgan fingerprint density at radius 1 is 1.31 bits per heavy atom. The van der Waals surface area contributed by atoms with E-state index < -0.39 is 12.0 Å². The highest BCUT2D eigenvalue weighted by Crippen LogP contribution is 2.34. The molecule has 90 valence electrons. The van der Waals surface area contributed by atoms with Gasteiger partial charge in [-0.05, 0) is 19.8 Å². The van der Waals surface area contributed by atoms with Crippen LogP contribution in [0.2, 0.25) is 0 Å². The van der Waals surface area contributed by atoms with Gasteiger partial charge in [0.25, 0.3) is 0 Å². The molecule has 0 aromatic rings. The number of amides is 1. The molecule has 1 heterocycles. The number of rotatable bonds is 2. The summed E-state index contributed by atoms with van der Waals surface area (Å²) in [4.78, 5) is 24.9. The smallest absolute Gasteiger partial charge is 0.327 e. The predicted molar refractivity (Wildman–Crippen MR) is 62.1 cm³/mol. The predicted octanol–water partition coefficient (Wildman–Crippen LogP) is 1.55. The lowest BCUT2D eigenvalue weighted by atomic mass is 10.1. The van der Waals surface area contributed by atoms with Gasteiger partial charge in [-0.2, -0.15) is 0 Å². The van der Waals surface area contributed by atoms with Crippen LogP contribution >= 0.6 is 11.8 Å². The Labute approximate surface area is 99.4 Å². The first-order chi connectivity index (χ1) is 7.61. The molecule has 0 radical (unpaired) electrons. The molecule has 1 saturated heterocycles. The highest BCUT2D eigenvalue weighted by Gasteiger charge is 2.42. The van der Waals surface area contributed by atoms with Gasteiger partial charge < -0.3 is 10.0 Å². The highest BCUT2D eigenvalue weighted by atomic mass is 32.2. The summed E-state index contributed by atoms with van der Waals surface area (Å²) >= 11 is 1.55. The molecule has 0 aromatic heterocycles. The van der Waals surface area contributed by atoms with Gasteiger partial charge in [0.1, 0.15) is 6.04 Å². The third-order valence-corrected chi connectivity index (χ3v) is 4.68. The summed E-state index contributed by atoms with van der Waals surface area (Å²) in [5.41, 5.74) is 0. The zero-order chi connectivity index (χ0) is 11.7. The highest BCUT2D eigenvalue weighted by molar-refractivity contribution is 8.00. The number of carbonyl (C=O) groups excluding carboxylic acids is 1.